The van der Waals surface area contributed by atoms with Crippen LogP contribution in [-0.4, -0.2) is 52.0 Å². The van der Waals surface area contributed by atoms with Crippen LogP contribution in [0.1, 0.15) is 26.7 Å². The zero-order valence-corrected chi connectivity index (χ0v) is 12.5. The maximum absolute atomic E-state index is 5.47. The van der Waals surface area contributed by atoms with Crippen molar-refractivity contribution in [3.8, 4) is 0 Å². The summed E-state index contributed by atoms with van der Waals surface area (Å²) >= 11 is 0. The zero-order chi connectivity index (χ0) is 13.9. The van der Waals surface area contributed by atoms with E-state index in [-0.39, 0.29) is 5.41 Å². The van der Waals surface area contributed by atoms with Gasteiger partial charge in [0.25, 0.3) is 0 Å². The minimum atomic E-state index is 0.156. The molecule has 0 aromatic rings. The molecule has 0 aromatic carbocycles. The second-order valence-corrected chi connectivity index (χ2v) is 6.16. The second kappa shape index (κ2) is 6.09. The summed E-state index contributed by atoms with van der Waals surface area (Å²) in [5.74, 6) is 1.50. The van der Waals surface area contributed by atoms with E-state index >= 15 is 0 Å². The monoisotopic (exact) mass is 269 g/mol. The first-order valence-corrected chi connectivity index (χ1v) is 7.15. The van der Waals surface area contributed by atoms with Gasteiger partial charge in [-0.2, -0.15) is 0 Å². The number of hydrogen-bond donors (Lipinski definition) is 2. The molecule has 5 nitrogen and oxygen atoms in total. The summed E-state index contributed by atoms with van der Waals surface area (Å²) in [5.41, 5.74) is 0.156. The normalized spacial score (nSPS) is 33.9. The van der Waals surface area contributed by atoms with Gasteiger partial charge in [0, 0.05) is 44.7 Å². The fraction of sp³-hybridized carbons (Fsp3) is 0.929. The van der Waals surface area contributed by atoms with Crippen molar-refractivity contribution in [3.63, 3.8) is 0 Å². The van der Waals surface area contributed by atoms with Crippen LogP contribution in [0, 0.1) is 11.3 Å². The smallest absolute Gasteiger partial charge is 0.191 e. The third-order valence-electron chi connectivity index (χ3n) is 4.58. The van der Waals surface area contributed by atoms with Gasteiger partial charge in [0.15, 0.2) is 5.96 Å². The second-order valence-electron chi connectivity index (χ2n) is 6.16. The number of nitrogens with one attached hydrogen (secondary N) is 2. The van der Waals surface area contributed by atoms with E-state index in [1.807, 2.05) is 7.05 Å². The van der Waals surface area contributed by atoms with Crippen molar-refractivity contribution in [2.24, 2.45) is 16.3 Å². The SMILES string of the molecule is CN=C(NCC1CCOC1)NC1CC(OC)C1(C)C. The minimum absolute atomic E-state index is 0.156. The largest absolute Gasteiger partial charge is 0.381 e. The Morgan fingerprint density at radius 1 is 1.47 bits per heavy atom. The van der Waals surface area contributed by atoms with Gasteiger partial charge in [0.1, 0.15) is 0 Å². The van der Waals surface area contributed by atoms with Crippen molar-refractivity contribution in [3.05, 3.63) is 0 Å². The molecule has 2 fully saturated rings. The third-order valence-corrected chi connectivity index (χ3v) is 4.58. The van der Waals surface area contributed by atoms with Crippen LogP contribution in [0.5, 0.6) is 0 Å². The van der Waals surface area contributed by atoms with Gasteiger partial charge in [-0.25, -0.2) is 0 Å². The molecule has 1 heterocycles. The summed E-state index contributed by atoms with van der Waals surface area (Å²) in [7, 11) is 3.61. The highest BCUT2D eigenvalue weighted by molar-refractivity contribution is 5.80. The highest BCUT2D eigenvalue weighted by Crippen LogP contribution is 2.42. The maximum Gasteiger partial charge on any atom is 0.191 e. The number of hydrogen-bond acceptors (Lipinski definition) is 3. The fourth-order valence-electron chi connectivity index (χ4n) is 2.88. The fourth-order valence-corrected chi connectivity index (χ4v) is 2.88. The molecular weight excluding hydrogens is 242 g/mol. The molecule has 1 aliphatic heterocycles. The molecule has 5 heteroatoms. The molecule has 1 aliphatic carbocycles. The van der Waals surface area contributed by atoms with Crippen molar-refractivity contribution >= 4 is 5.96 Å². The number of aliphatic imine (C=N–C) groups is 1. The molecule has 3 unspecified atom stereocenters. The van der Waals surface area contributed by atoms with Crippen molar-refractivity contribution in [2.45, 2.75) is 38.8 Å². The third kappa shape index (κ3) is 3.20. The summed E-state index contributed by atoms with van der Waals surface area (Å²) in [6, 6.07) is 0.420. The van der Waals surface area contributed by atoms with Gasteiger partial charge >= 0.3 is 0 Å². The first kappa shape index (κ1) is 14.6. The van der Waals surface area contributed by atoms with Crippen LogP contribution < -0.4 is 10.6 Å². The van der Waals surface area contributed by atoms with Gasteiger partial charge in [-0.1, -0.05) is 13.8 Å². The summed E-state index contributed by atoms with van der Waals surface area (Å²) < 4.78 is 10.9. The topological polar surface area (TPSA) is 54.9 Å². The first-order chi connectivity index (χ1) is 9.07. The molecule has 3 atom stereocenters. The van der Waals surface area contributed by atoms with E-state index in [4.69, 9.17) is 9.47 Å². The number of methoxy groups -OCH3 is 1. The Hall–Kier alpha value is -0.810. The van der Waals surface area contributed by atoms with Crippen molar-refractivity contribution in [1.29, 1.82) is 0 Å². The van der Waals surface area contributed by atoms with Crippen molar-refractivity contribution < 1.29 is 9.47 Å². The maximum atomic E-state index is 5.47. The minimum Gasteiger partial charge on any atom is -0.381 e. The Labute approximate surface area is 116 Å². The molecule has 1 saturated carbocycles. The lowest BCUT2D eigenvalue weighted by molar-refractivity contribution is -0.0922. The Morgan fingerprint density at radius 3 is 2.79 bits per heavy atom. The van der Waals surface area contributed by atoms with E-state index in [0.29, 0.717) is 18.1 Å². The van der Waals surface area contributed by atoms with E-state index in [1.54, 1.807) is 7.11 Å². The molecule has 2 aliphatic rings. The summed E-state index contributed by atoms with van der Waals surface area (Å²) in [5, 5.41) is 6.90. The average molecular weight is 269 g/mol. The lowest BCUT2D eigenvalue weighted by atomic mass is 9.64. The zero-order valence-electron chi connectivity index (χ0n) is 12.5. The van der Waals surface area contributed by atoms with Crippen LogP contribution in [0.3, 0.4) is 0 Å². The number of nitrogens with zero attached hydrogens (tertiary/aromatic N) is 1. The van der Waals surface area contributed by atoms with E-state index < -0.39 is 0 Å². The van der Waals surface area contributed by atoms with Crippen molar-refractivity contribution in [2.75, 3.05) is 33.9 Å². The summed E-state index contributed by atoms with van der Waals surface area (Å²) in [6.07, 6.45) is 2.52. The van der Waals surface area contributed by atoms with Gasteiger partial charge < -0.3 is 20.1 Å². The average Bonchev–Trinajstić information content (AvgIpc) is 2.90. The molecule has 2 N–H and O–H groups in total. The van der Waals surface area contributed by atoms with Crippen LogP contribution >= 0.6 is 0 Å². The molecule has 110 valence electrons. The van der Waals surface area contributed by atoms with Crippen LogP contribution in [0.2, 0.25) is 0 Å². The van der Waals surface area contributed by atoms with E-state index in [0.717, 1.165) is 38.6 Å². The van der Waals surface area contributed by atoms with Crippen LogP contribution in [-0.2, 0) is 9.47 Å². The highest BCUT2D eigenvalue weighted by atomic mass is 16.5. The molecule has 0 radical (unpaired) electrons. The highest BCUT2D eigenvalue weighted by Gasteiger charge is 2.48. The first-order valence-electron chi connectivity index (χ1n) is 7.15. The van der Waals surface area contributed by atoms with Crippen LogP contribution in [0.25, 0.3) is 0 Å². The quantitative estimate of drug-likeness (QED) is 0.590. The number of guanidine groups is 1. The van der Waals surface area contributed by atoms with Crippen LogP contribution in [0.15, 0.2) is 4.99 Å². The van der Waals surface area contributed by atoms with E-state index in [1.165, 1.54) is 0 Å². The Balaban J connectivity index is 1.77. The van der Waals surface area contributed by atoms with Gasteiger partial charge in [-0.15, -0.1) is 0 Å². The predicted octanol–water partition coefficient (Wildman–Crippen LogP) is 1.00. The molecular formula is C14H27N3O2. The Kier molecular flexibility index (Phi) is 4.68. The molecule has 0 spiro atoms. The predicted molar refractivity (Wildman–Crippen MR) is 76.4 cm³/mol. The van der Waals surface area contributed by atoms with Gasteiger partial charge in [0.2, 0.25) is 0 Å². The molecule has 0 aromatic heterocycles. The van der Waals surface area contributed by atoms with Gasteiger partial charge in [0.05, 0.1) is 12.7 Å². The lowest BCUT2D eigenvalue weighted by Crippen LogP contribution is -2.63. The summed E-state index contributed by atoms with van der Waals surface area (Å²) in [4.78, 5) is 4.30. The molecule has 19 heavy (non-hydrogen) atoms. The Bertz CT molecular complexity index is 325. The van der Waals surface area contributed by atoms with E-state index in [9.17, 15) is 0 Å². The van der Waals surface area contributed by atoms with Gasteiger partial charge in [-0.05, 0) is 12.8 Å². The molecule has 2 rings (SSSR count). The lowest BCUT2D eigenvalue weighted by Gasteiger charge is -2.51. The van der Waals surface area contributed by atoms with Crippen LogP contribution in [0.4, 0.5) is 0 Å². The van der Waals surface area contributed by atoms with E-state index in [2.05, 4.69) is 29.5 Å². The standard InChI is InChI=1S/C14H27N3O2/c1-14(2)11(7-12(14)18-4)17-13(15-3)16-8-10-5-6-19-9-10/h10-12H,5-9H2,1-4H3,(H2,15,16,17). The van der Waals surface area contributed by atoms with Crippen molar-refractivity contribution in [1.82, 2.24) is 10.6 Å². The molecule has 0 amide bonds. The Morgan fingerprint density at radius 2 is 2.26 bits per heavy atom. The number of rotatable bonds is 4. The summed E-state index contributed by atoms with van der Waals surface area (Å²) in [6.45, 7) is 7.16. The molecule has 0 bridgehead atoms. The number of ether oxygens (including phenoxy) is 2. The molecule has 1 saturated heterocycles. The van der Waals surface area contributed by atoms with Gasteiger partial charge in [-0.3, -0.25) is 4.99 Å².